The van der Waals surface area contributed by atoms with Gasteiger partial charge in [0.15, 0.2) is 0 Å². The lowest BCUT2D eigenvalue weighted by Crippen LogP contribution is -2.33. The van der Waals surface area contributed by atoms with Gasteiger partial charge in [0.2, 0.25) is 5.91 Å². The number of nitrogens with two attached hydrogens (primary N) is 1. The molecular formula is C19H19F2N3O3. The first-order valence-corrected chi connectivity index (χ1v) is 8.40. The standard InChI is InChI=1S/C19H19F2N3O3/c1-11(25)23-9-15-10-24(19(26)27-15)14-4-5-16(18(21)7-14)12-2-3-13(8-22)17(20)6-12/h2-7,15H,8-10,22H2,1H3,(H,23,25)/t15-/m0/s1. The second kappa shape index (κ2) is 7.71. The molecule has 0 aliphatic carbocycles. The van der Waals surface area contributed by atoms with E-state index in [-0.39, 0.29) is 31.1 Å². The van der Waals surface area contributed by atoms with Crippen molar-refractivity contribution in [3.63, 3.8) is 0 Å². The summed E-state index contributed by atoms with van der Waals surface area (Å²) in [6.45, 7) is 1.80. The number of carbonyl (C=O) groups excluding carboxylic acids is 2. The number of amides is 2. The highest BCUT2D eigenvalue weighted by Gasteiger charge is 2.32. The molecule has 0 unspecified atom stereocenters. The maximum Gasteiger partial charge on any atom is 0.414 e. The lowest BCUT2D eigenvalue weighted by molar-refractivity contribution is -0.119. The van der Waals surface area contributed by atoms with Crippen LogP contribution in [-0.4, -0.2) is 31.2 Å². The van der Waals surface area contributed by atoms with E-state index < -0.39 is 23.8 Å². The van der Waals surface area contributed by atoms with Crippen LogP contribution in [0, 0.1) is 11.6 Å². The minimum absolute atomic E-state index is 0.0598. The van der Waals surface area contributed by atoms with Crippen molar-refractivity contribution in [2.75, 3.05) is 18.0 Å². The van der Waals surface area contributed by atoms with Crippen LogP contribution in [0.15, 0.2) is 36.4 Å². The van der Waals surface area contributed by atoms with Gasteiger partial charge >= 0.3 is 6.09 Å². The van der Waals surface area contributed by atoms with Crippen molar-refractivity contribution in [2.45, 2.75) is 19.6 Å². The van der Waals surface area contributed by atoms with Gasteiger partial charge in [-0.1, -0.05) is 12.1 Å². The molecule has 0 bridgehead atoms. The number of hydrogen-bond acceptors (Lipinski definition) is 4. The van der Waals surface area contributed by atoms with Crippen molar-refractivity contribution in [1.82, 2.24) is 5.32 Å². The van der Waals surface area contributed by atoms with Crippen LogP contribution in [-0.2, 0) is 16.1 Å². The summed E-state index contributed by atoms with van der Waals surface area (Å²) in [5, 5.41) is 2.58. The predicted octanol–water partition coefficient (Wildman–Crippen LogP) is 2.55. The Labute approximate surface area is 154 Å². The van der Waals surface area contributed by atoms with E-state index in [0.717, 1.165) is 0 Å². The molecule has 0 aromatic heterocycles. The number of ether oxygens (including phenoxy) is 1. The summed E-state index contributed by atoms with van der Waals surface area (Å²) in [6, 6.07) is 8.59. The van der Waals surface area contributed by atoms with Gasteiger partial charge in [0.25, 0.3) is 0 Å². The average molecular weight is 375 g/mol. The third-order valence-electron chi connectivity index (χ3n) is 4.30. The average Bonchev–Trinajstić information content (AvgIpc) is 3.00. The van der Waals surface area contributed by atoms with Crippen LogP contribution in [0.25, 0.3) is 11.1 Å². The number of rotatable bonds is 5. The van der Waals surface area contributed by atoms with Crippen LogP contribution in [0.2, 0.25) is 0 Å². The molecule has 1 atom stereocenters. The molecule has 2 aromatic rings. The molecule has 142 valence electrons. The molecule has 0 radical (unpaired) electrons. The van der Waals surface area contributed by atoms with Gasteiger partial charge in [0, 0.05) is 24.6 Å². The molecule has 0 spiro atoms. The number of hydrogen-bond donors (Lipinski definition) is 2. The Kier molecular flexibility index (Phi) is 5.36. The Balaban J connectivity index is 1.80. The smallest absolute Gasteiger partial charge is 0.414 e. The van der Waals surface area contributed by atoms with E-state index in [1.807, 2.05) is 0 Å². The Bertz CT molecular complexity index is 888. The zero-order valence-electron chi connectivity index (χ0n) is 14.7. The van der Waals surface area contributed by atoms with Crippen LogP contribution in [0.5, 0.6) is 0 Å². The van der Waals surface area contributed by atoms with E-state index in [9.17, 15) is 18.4 Å². The topological polar surface area (TPSA) is 84.7 Å². The van der Waals surface area contributed by atoms with E-state index in [0.29, 0.717) is 16.8 Å². The molecule has 0 saturated carbocycles. The summed E-state index contributed by atoms with van der Waals surface area (Å²) < 4.78 is 33.7. The molecule has 1 saturated heterocycles. The van der Waals surface area contributed by atoms with Gasteiger partial charge in [0.1, 0.15) is 17.7 Å². The summed E-state index contributed by atoms with van der Waals surface area (Å²) in [5.74, 6) is -1.32. The molecule has 6 nitrogen and oxygen atoms in total. The Morgan fingerprint density at radius 1 is 1.26 bits per heavy atom. The third kappa shape index (κ3) is 4.06. The molecule has 2 amide bonds. The molecule has 1 heterocycles. The zero-order valence-corrected chi connectivity index (χ0v) is 14.7. The Morgan fingerprint density at radius 3 is 2.67 bits per heavy atom. The van der Waals surface area contributed by atoms with Crippen molar-refractivity contribution >= 4 is 17.7 Å². The largest absolute Gasteiger partial charge is 0.442 e. The Morgan fingerprint density at radius 2 is 2.04 bits per heavy atom. The van der Waals surface area contributed by atoms with E-state index in [4.69, 9.17) is 10.5 Å². The van der Waals surface area contributed by atoms with Gasteiger partial charge in [-0.2, -0.15) is 0 Å². The van der Waals surface area contributed by atoms with E-state index in [1.165, 1.54) is 36.1 Å². The van der Waals surface area contributed by atoms with Crippen molar-refractivity contribution < 1.29 is 23.1 Å². The lowest BCUT2D eigenvalue weighted by Gasteiger charge is -2.15. The van der Waals surface area contributed by atoms with Crippen LogP contribution >= 0.6 is 0 Å². The van der Waals surface area contributed by atoms with Crippen LogP contribution in [0.3, 0.4) is 0 Å². The molecule has 8 heteroatoms. The predicted molar refractivity (Wildman–Crippen MR) is 96.0 cm³/mol. The quantitative estimate of drug-likeness (QED) is 0.841. The number of anilines is 1. The zero-order chi connectivity index (χ0) is 19.6. The number of halogens is 2. The van der Waals surface area contributed by atoms with Crippen LogP contribution < -0.4 is 16.0 Å². The van der Waals surface area contributed by atoms with Gasteiger partial charge in [0.05, 0.1) is 18.8 Å². The highest BCUT2D eigenvalue weighted by atomic mass is 19.1. The van der Waals surface area contributed by atoms with Gasteiger partial charge < -0.3 is 15.8 Å². The number of carbonyl (C=O) groups is 2. The summed E-state index contributed by atoms with van der Waals surface area (Å²) in [5.41, 5.74) is 6.70. The first-order valence-electron chi connectivity index (χ1n) is 8.40. The van der Waals surface area contributed by atoms with Crippen molar-refractivity contribution in [2.24, 2.45) is 5.73 Å². The van der Waals surface area contributed by atoms with Gasteiger partial charge in [-0.3, -0.25) is 9.69 Å². The summed E-state index contributed by atoms with van der Waals surface area (Å²) in [7, 11) is 0. The van der Waals surface area contributed by atoms with Crippen molar-refractivity contribution in [3.05, 3.63) is 53.6 Å². The molecular weight excluding hydrogens is 356 g/mol. The second-order valence-corrected chi connectivity index (χ2v) is 6.23. The lowest BCUT2D eigenvalue weighted by atomic mass is 10.0. The van der Waals surface area contributed by atoms with E-state index >= 15 is 0 Å². The van der Waals surface area contributed by atoms with Crippen molar-refractivity contribution in [3.8, 4) is 11.1 Å². The maximum atomic E-state index is 14.6. The summed E-state index contributed by atoms with van der Waals surface area (Å²) in [4.78, 5) is 24.3. The van der Waals surface area contributed by atoms with Crippen LogP contribution in [0.4, 0.5) is 19.3 Å². The SMILES string of the molecule is CC(=O)NC[C@H]1CN(c2ccc(-c3ccc(CN)c(F)c3)c(F)c2)C(=O)O1. The van der Waals surface area contributed by atoms with Gasteiger partial charge in [-0.05, 0) is 29.8 Å². The first kappa shape index (κ1) is 18.8. The second-order valence-electron chi connectivity index (χ2n) is 6.23. The normalized spacial score (nSPS) is 16.4. The van der Waals surface area contributed by atoms with Crippen molar-refractivity contribution in [1.29, 1.82) is 0 Å². The highest BCUT2D eigenvalue weighted by Crippen LogP contribution is 2.30. The number of benzene rings is 2. The van der Waals surface area contributed by atoms with Crippen LogP contribution in [0.1, 0.15) is 12.5 Å². The first-order chi connectivity index (χ1) is 12.9. The number of cyclic esters (lactones) is 1. The molecule has 3 N–H and O–H groups in total. The molecule has 1 aliphatic rings. The monoisotopic (exact) mass is 375 g/mol. The fourth-order valence-electron chi connectivity index (χ4n) is 2.88. The molecule has 1 fully saturated rings. The molecule has 1 aliphatic heterocycles. The highest BCUT2D eigenvalue weighted by molar-refractivity contribution is 5.90. The maximum absolute atomic E-state index is 14.6. The van der Waals surface area contributed by atoms with E-state index in [2.05, 4.69) is 5.32 Å². The molecule has 3 rings (SSSR count). The summed E-state index contributed by atoms with van der Waals surface area (Å²) in [6.07, 6.45) is -1.13. The molecule has 27 heavy (non-hydrogen) atoms. The van der Waals surface area contributed by atoms with E-state index in [1.54, 1.807) is 12.1 Å². The molecule has 2 aromatic carbocycles. The summed E-state index contributed by atoms with van der Waals surface area (Å²) >= 11 is 0. The third-order valence-corrected chi connectivity index (χ3v) is 4.30. The van der Waals surface area contributed by atoms with Gasteiger partial charge in [-0.25, -0.2) is 13.6 Å². The minimum atomic E-state index is -0.615. The number of nitrogens with one attached hydrogen (secondary N) is 1. The number of nitrogens with zero attached hydrogens (tertiary/aromatic N) is 1. The fourth-order valence-corrected chi connectivity index (χ4v) is 2.88. The Hall–Kier alpha value is -3.00. The fraction of sp³-hybridized carbons (Fsp3) is 0.263. The minimum Gasteiger partial charge on any atom is -0.442 e. The van der Waals surface area contributed by atoms with Gasteiger partial charge in [-0.15, -0.1) is 0 Å².